The van der Waals surface area contributed by atoms with Crippen molar-refractivity contribution >= 4 is 17.8 Å². The van der Waals surface area contributed by atoms with Gasteiger partial charge in [-0.15, -0.1) is 0 Å². The van der Waals surface area contributed by atoms with Crippen molar-refractivity contribution < 1.29 is 19.5 Å². The predicted octanol–water partition coefficient (Wildman–Crippen LogP) is 1.38. The molecule has 1 saturated heterocycles. The second kappa shape index (κ2) is 7.35. The summed E-state index contributed by atoms with van der Waals surface area (Å²) >= 11 is 0. The molecular weight excluding hydrogens is 334 g/mol. The lowest BCUT2D eigenvalue weighted by atomic mass is 9.89. The summed E-state index contributed by atoms with van der Waals surface area (Å²) < 4.78 is 0. The molecule has 1 aromatic heterocycles. The van der Waals surface area contributed by atoms with E-state index in [2.05, 4.69) is 10.3 Å². The average Bonchev–Trinajstić information content (AvgIpc) is 3.13. The van der Waals surface area contributed by atoms with Crippen LogP contribution in [0.1, 0.15) is 32.3 Å². The van der Waals surface area contributed by atoms with Crippen LogP contribution in [0.2, 0.25) is 0 Å². The molecule has 1 fully saturated rings. The van der Waals surface area contributed by atoms with Crippen LogP contribution in [0.15, 0.2) is 48.7 Å². The molecule has 2 N–H and O–H groups in total. The molecule has 1 aliphatic rings. The molecule has 0 bridgehead atoms. The zero-order valence-electron chi connectivity index (χ0n) is 14.3. The van der Waals surface area contributed by atoms with Gasteiger partial charge in [0, 0.05) is 32.3 Å². The summed E-state index contributed by atoms with van der Waals surface area (Å²) in [6, 6.07) is 12.4. The van der Waals surface area contributed by atoms with Crippen LogP contribution >= 0.6 is 0 Å². The number of nitrogens with one attached hydrogen (secondary N) is 1. The molecule has 0 radical (unpaired) electrons. The van der Waals surface area contributed by atoms with E-state index in [9.17, 15) is 19.5 Å². The molecule has 2 aromatic rings. The Bertz CT molecular complexity index is 820. The molecule has 0 saturated carbocycles. The van der Waals surface area contributed by atoms with Gasteiger partial charge in [0.15, 0.2) is 0 Å². The van der Waals surface area contributed by atoms with Crippen LogP contribution in [-0.2, 0) is 4.79 Å². The van der Waals surface area contributed by atoms with Crippen molar-refractivity contribution in [3.63, 3.8) is 0 Å². The van der Waals surface area contributed by atoms with E-state index < -0.39 is 11.9 Å². The smallest absolute Gasteiger partial charge is 0.308 e. The minimum Gasteiger partial charge on any atom is -0.481 e. The van der Waals surface area contributed by atoms with Crippen molar-refractivity contribution in [3.05, 3.63) is 65.5 Å². The van der Waals surface area contributed by atoms with E-state index in [1.165, 1.54) is 30.3 Å². The van der Waals surface area contributed by atoms with Crippen LogP contribution in [0.5, 0.6) is 0 Å². The zero-order valence-corrected chi connectivity index (χ0v) is 14.3. The van der Waals surface area contributed by atoms with Gasteiger partial charge in [0.25, 0.3) is 11.8 Å². The van der Waals surface area contributed by atoms with Crippen molar-refractivity contribution in [2.45, 2.75) is 5.92 Å². The molecule has 2 unspecified atom stereocenters. The fraction of sp³-hybridized carbons (Fsp3) is 0.263. The number of pyridine rings is 1. The minimum atomic E-state index is -0.915. The summed E-state index contributed by atoms with van der Waals surface area (Å²) in [5.41, 5.74) is 1.45. The first-order valence-corrected chi connectivity index (χ1v) is 8.26. The summed E-state index contributed by atoms with van der Waals surface area (Å²) in [4.78, 5) is 41.4. The number of nitrogens with zero attached hydrogens (tertiary/aromatic N) is 2. The third kappa shape index (κ3) is 3.42. The second-order valence-corrected chi connectivity index (χ2v) is 6.18. The van der Waals surface area contributed by atoms with Gasteiger partial charge in [-0.1, -0.05) is 30.3 Å². The number of amides is 2. The number of rotatable bonds is 4. The number of hydrogen-bond acceptors (Lipinski definition) is 4. The maximum atomic E-state index is 12.7. The first kappa shape index (κ1) is 17.6. The van der Waals surface area contributed by atoms with Crippen LogP contribution in [0, 0.1) is 5.92 Å². The average molecular weight is 353 g/mol. The third-order valence-corrected chi connectivity index (χ3v) is 4.62. The van der Waals surface area contributed by atoms with Gasteiger partial charge >= 0.3 is 5.97 Å². The molecular formula is C19H19N3O4. The fourth-order valence-corrected chi connectivity index (χ4v) is 3.22. The van der Waals surface area contributed by atoms with Gasteiger partial charge in [-0.05, 0) is 17.7 Å². The quantitative estimate of drug-likeness (QED) is 0.865. The van der Waals surface area contributed by atoms with Gasteiger partial charge in [-0.25, -0.2) is 0 Å². The van der Waals surface area contributed by atoms with Crippen LogP contribution in [0.4, 0.5) is 0 Å². The predicted molar refractivity (Wildman–Crippen MR) is 93.8 cm³/mol. The number of carboxylic acid groups (broad SMARTS) is 1. The number of carbonyl (C=O) groups is 3. The van der Waals surface area contributed by atoms with E-state index in [1.54, 1.807) is 0 Å². The van der Waals surface area contributed by atoms with E-state index in [0.29, 0.717) is 12.1 Å². The summed E-state index contributed by atoms with van der Waals surface area (Å²) in [6.45, 7) is 0.474. The minimum absolute atomic E-state index is 0.144. The largest absolute Gasteiger partial charge is 0.481 e. The van der Waals surface area contributed by atoms with E-state index >= 15 is 0 Å². The van der Waals surface area contributed by atoms with Gasteiger partial charge in [-0.2, -0.15) is 0 Å². The van der Waals surface area contributed by atoms with E-state index in [1.807, 2.05) is 30.3 Å². The Morgan fingerprint density at radius 3 is 2.42 bits per heavy atom. The monoisotopic (exact) mass is 353 g/mol. The molecule has 134 valence electrons. The number of aliphatic carboxylic acids is 1. The number of aromatic nitrogens is 1. The number of carboxylic acids is 1. The SMILES string of the molecule is CNC(=O)c1ccc(C(=O)N2CC(C(=O)O)C(c3ccccc3)C2)cn1. The third-order valence-electron chi connectivity index (χ3n) is 4.62. The van der Waals surface area contributed by atoms with E-state index in [4.69, 9.17) is 0 Å². The topological polar surface area (TPSA) is 99.6 Å². The normalized spacial score (nSPS) is 19.2. The summed E-state index contributed by atoms with van der Waals surface area (Å²) in [7, 11) is 1.50. The van der Waals surface area contributed by atoms with Crippen LogP contribution in [0.25, 0.3) is 0 Å². The molecule has 26 heavy (non-hydrogen) atoms. The second-order valence-electron chi connectivity index (χ2n) is 6.18. The molecule has 7 nitrogen and oxygen atoms in total. The highest BCUT2D eigenvalue weighted by atomic mass is 16.4. The van der Waals surface area contributed by atoms with Crippen LogP contribution in [0.3, 0.4) is 0 Å². The van der Waals surface area contributed by atoms with Crippen molar-refractivity contribution in [1.82, 2.24) is 15.2 Å². The molecule has 2 heterocycles. The van der Waals surface area contributed by atoms with Gasteiger partial charge in [-0.3, -0.25) is 19.4 Å². The first-order valence-electron chi connectivity index (χ1n) is 8.26. The van der Waals surface area contributed by atoms with Crippen LogP contribution < -0.4 is 5.32 Å². The van der Waals surface area contributed by atoms with Crippen LogP contribution in [-0.4, -0.2) is 52.9 Å². The van der Waals surface area contributed by atoms with Gasteiger partial charge in [0.2, 0.25) is 0 Å². The Kier molecular flexibility index (Phi) is 4.97. The Morgan fingerprint density at radius 1 is 1.12 bits per heavy atom. The highest BCUT2D eigenvalue weighted by molar-refractivity contribution is 5.96. The zero-order chi connectivity index (χ0) is 18.7. The summed E-state index contributed by atoms with van der Waals surface area (Å²) in [5, 5.41) is 12.0. The molecule has 1 aromatic carbocycles. The van der Waals surface area contributed by atoms with Crippen molar-refractivity contribution in [3.8, 4) is 0 Å². The molecule has 0 aliphatic carbocycles. The van der Waals surface area contributed by atoms with E-state index in [-0.39, 0.29) is 30.0 Å². The molecule has 7 heteroatoms. The highest BCUT2D eigenvalue weighted by Gasteiger charge is 2.40. The van der Waals surface area contributed by atoms with Crippen molar-refractivity contribution in [2.24, 2.45) is 5.92 Å². The Labute approximate surface area is 150 Å². The Morgan fingerprint density at radius 2 is 1.85 bits per heavy atom. The Hall–Kier alpha value is -3.22. The lowest BCUT2D eigenvalue weighted by molar-refractivity contribution is -0.141. The maximum Gasteiger partial charge on any atom is 0.308 e. The molecule has 1 aliphatic heterocycles. The molecule has 0 spiro atoms. The number of carbonyl (C=O) groups excluding carboxylic acids is 2. The molecule has 3 rings (SSSR count). The first-order chi connectivity index (χ1) is 12.5. The van der Waals surface area contributed by atoms with Gasteiger partial charge in [0.1, 0.15) is 5.69 Å². The standard InChI is InChI=1S/C19H19N3O4/c1-20-17(23)16-8-7-13(9-21-16)18(24)22-10-14(15(11-22)19(25)26)12-5-3-2-4-6-12/h2-9,14-15H,10-11H2,1H3,(H,20,23)(H,25,26). The molecule has 2 atom stereocenters. The maximum absolute atomic E-state index is 12.7. The fourth-order valence-electron chi connectivity index (χ4n) is 3.22. The Balaban J connectivity index is 1.80. The summed E-state index contributed by atoms with van der Waals surface area (Å²) in [6.07, 6.45) is 1.35. The molecule has 2 amide bonds. The van der Waals surface area contributed by atoms with Gasteiger partial charge < -0.3 is 15.3 Å². The van der Waals surface area contributed by atoms with Gasteiger partial charge in [0.05, 0.1) is 11.5 Å². The lowest BCUT2D eigenvalue weighted by Gasteiger charge is -2.16. The number of likely N-dealkylation sites (tertiary alicyclic amines) is 1. The number of benzene rings is 1. The van der Waals surface area contributed by atoms with E-state index in [0.717, 1.165) is 5.56 Å². The highest BCUT2D eigenvalue weighted by Crippen LogP contribution is 2.33. The van der Waals surface area contributed by atoms with Crippen molar-refractivity contribution in [2.75, 3.05) is 20.1 Å². The lowest BCUT2D eigenvalue weighted by Crippen LogP contribution is -2.30. The van der Waals surface area contributed by atoms with Crippen molar-refractivity contribution in [1.29, 1.82) is 0 Å². The number of hydrogen-bond donors (Lipinski definition) is 2. The summed E-state index contributed by atoms with van der Waals surface area (Å²) in [5.74, 6) is -2.44.